The fourth-order valence-electron chi connectivity index (χ4n) is 3.35. The molecule has 0 amide bonds. The maximum atomic E-state index is 9.55. The first-order valence-corrected chi connectivity index (χ1v) is 12.9. The molecule has 4 nitrogen and oxygen atoms in total. The van der Waals surface area contributed by atoms with Gasteiger partial charge in [-0.05, 0) is 43.7 Å². The molecule has 0 bridgehead atoms. The molecule has 2 aliphatic rings. The molecule has 0 unspecified atom stereocenters. The summed E-state index contributed by atoms with van der Waals surface area (Å²) in [4.78, 5) is 9.37. The zero-order valence-corrected chi connectivity index (χ0v) is 22.1. The van der Waals surface area contributed by atoms with E-state index in [2.05, 4.69) is 26.9 Å². The third kappa shape index (κ3) is 14.8. The molecule has 180 valence electrons. The van der Waals surface area contributed by atoms with Crippen molar-refractivity contribution < 1.29 is 5.11 Å². The number of likely N-dealkylation sites (tertiary alicyclic amines) is 1. The molecule has 3 heterocycles. The first kappa shape index (κ1) is 33.5. The van der Waals surface area contributed by atoms with Crippen LogP contribution >= 0.6 is 0 Å². The molecule has 1 N–H and O–H groups in total. The van der Waals surface area contributed by atoms with Crippen molar-refractivity contribution in [3.63, 3.8) is 0 Å². The maximum absolute atomic E-state index is 9.55. The van der Waals surface area contributed by atoms with E-state index in [0.717, 1.165) is 50.8 Å². The summed E-state index contributed by atoms with van der Waals surface area (Å²) in [5.74, 6) is 1.93. The number of anilines is 1. The van der Waals surface area contributed by atoms with Gasteiger partial charge in [0.15, 0.2) is 0 Å². The molecule has 0 spiro atoms. The van der Waals surface area contributed by atoms with E-state index in [1.54, 1.807) is 0 Å². The van der Waals surface area contributed by atoms with E-state index in [1.807, 2.05) is 81.5 Å². The Balaban J connectivity index is -0.000000642. The molecule has 1 aromatic heterocycles. The first-order valence-electron chi connectivity index (χ1n) is 12.9. The summed E-state index contributed by atoms with van der Waals surface area (Å²) in [6.07, 6.45) is 6.24. The van der Waals surface area contributed by atoms with E-state index < -0.39 is 0 Å². The number of nitrogens with zero attached hydrogens (tertiary/aromatic N) is 3. The van der Waals surface area contributed by atoms with Crippen LogP contribution in [0.4, 0.5) is 5.82 Å². The first-order chi connectivity index (χ1) is 14.8. The van der Waals surface area contributed by atoms with Gasteiger partial charge in [0.2, 0.25) is 0 Å². The van der Waals surface area contributed by atoms with E-state index in [0.29, 0.717) is 0 Å². The molecule has 2 aliphatic heterocycles. The quantitative estimate of drug-likeness (QED) is 0.572. The van der Waals surface area contributed by atoms with Crippen LogP contribution in [0.25, 0.3) is 0 Å². The minimum absolute atomic E-state index is 0.0581. The Morgan fingerprint density at radius 2 is 1.27 bits per heavy atom. The Hall–Kier alpha value is -1.13. The topological polar surface area (TPSA) is 39.6 Å². The molecule has 0 aliphatic carbocycles. The second kappa shape index (κ2) is 25.9. The van der Waals surface area contributed by atoms with Gasteiger partial charge in [-0.3, -0.25) is 0 Å². The van der Waals surface area contributed by atoms with Gasteiger partial charge in [0.1, 0.15) is 5.82 Å². The van der Waals surface area contributed by atoms with E-state index in [-0.39, 0.29) is 6.10 Å². The van der Waals surface area contributed by atoms with E-state index in [9.17, 15) is 5.11 Å². The lowest BCUT2D eigenvalue weighted by Crippen LogP contribution is -2.42. The zero-order chi connectivity index (χ0) is 23.8. The average Bonchev–Trinajstić information content (AvgIpc) is 2.88. The third-order valence-corrected chi connectivity index (χ3v) is 4.66. The Labute approximate surface area is 190 Å². The lowest BCUT2D eigenvalue weighted by Gasteiger charge is -2.37. The number of pyridine rings is 1. The minimum Gasteiger partial charge on any atom is -0.393 e. The predicted molar refractivity (Wildman–Crippen MR) is 138 cm³/mol. The van der Waals surface area contributed by atoms with Crippen LogP contribution in [0.2, 0.25) is 0 Å². The molecule has 0 radical (unpaired) electrons. The van der Waals surface area contributed by atoms with Crippen molar-refractivity contribution in [2.45, 2.75) is 101 Å². The molecule has 4 heteroatoms. The van der Waals surface area contributed by atoms with Gasteiger partial charge in [-0.1, -0.05) is 75.3 Å². The second-order valence-corrected chi connectivity index (χ2v) is 6.15. The molecule has 3 rings (SSSR count). The van der Waals surface area contributed by atoms with Crippen molar-refractivity contribution in [3.05, 3.63) is 24.4 Å². The predicted octanol–water partition coefficient (Wildman–Crippen LogP) is 6.89. The normalized spacial score (nSPS) is 16.4. The van der Waals surface area contributed by atoms with E-state index in [1.165, 1.54) is 19.4 Å². The lowest BCUT2D eigenvalue weighted by molar-refractivity contribution is 0.0724. The number of aliphatic hydroxyl groups excluding tert-OH is 1. The van der Waals surface area contributed by atoms with Gasteiger partial charge in [0, 0.05) is 38.9 Å². The van der Waals surface area contributed by atoms with Crippen LogP contribution in [0.1, 0.15) is 94.9 Å². The summed E-state index contributed by atoms with van der Waals surface area (Å²) in [6, 6.07) is 6.14. The van der Waals surface area contributed by atoms with Crippen LogP contribution in [-0.4, -0.2) is 53.8 Å². The van der Waals surface area contributed by atoms with Crippen molar-refractivity contribution in [1.29, 1.82) is 0 Å². The van der Waals surface area contributed by atoms with Crippen LogP contribution in [-0.2, 0) is 0 Å². The van der Waals surface area contributed by atoms with E-state index >= 15 is 0 Å². The molecule has 1 aromatic rings. The summed E-state index contributed by atoms with van der Waals surface area (Å²) in [7, 11) is 0. The van der Waals surface area contributed by atoms with Crippen molar-refractivity contribution in [2.24, 2.45) is 5.92 Å². The highest BCUT2D eigenvalue weighted by molar-refractivity contribution is 5.37. The minimum atomic E-state index is -0.0581. The van der Waals surface area contributed by atoms with E-state index in [4.69, 9.17) is 0 Å². The van der Waals surface area contributed by atoms with Gasteiger partial charge < -0.3 is 14.9 Å². The highest BCUT2D eigenvalue weighted by atomic mass is 16.3. The van der Waals surface area contributed by atoms with Crippen LogP contribution in [0.15, 0.2) is 24.4 Å². The number of rotatable bonds is 3. The number of aliphatic hydroxyl groups is 1. The van der Waals surface area contributed by atoms with Crippen LogP contribution < -0.4 is 4.90 Å². The lowest BCUT2D eigenvalue weighted by atomic mass is 9.95. The van der Waals surface area contributed by atoms with Gasteiger partial charge in [-0.2, -0.15) is 0 Å². The standard InChI is InChI=1S/C16H25N3O.5C2H6/c20-15-6-9-18(10-7-15)13-14-4-11-19(12-5-14)16-3-1-2-8-17-16;5*1-2/h1-3,8,14-15,20H,4-7,9-13H2;5*1-2H3. The molecule has 0 atom stereocenters. The Bertz CT molecular complexity index is 398. The second-order valence-electron chi connectivity index (χ2n) is 6.15. The molecule has 0 saturated carbocycles. The number of hydrogen-bond acceptors (Lipinski definition) is 4. The van der Waals surface area contributed by atoms with Gasteiger partial charge in [-0.15, -0.1) is 0 Å². The third-order valence-electron chi connectivity index (χ3n) is 4.66. The number of piperidine rings is 2. The van der Waals surface area contributed by atoms with Gasteiger partial charge >= 0.3 is 0 Å². The number of hydrogen-bond donors (Lipinski definition) is 1. The molecule has 0 aromatic carbocycles. The summed E-state index contributed by atoms with van der Waals surface area (Å²) < 4.78 is 0. The van der Waals surface area contributed by atoms with Crippen molar-refractivity contribution in [3.8, 4) is 0 Å². The molecule has 2 fully saturated rings. The van der Waals surface area contributed by atoms with Crippen molar-refractivity contribution >= 4 is 5.82 Å². The average molecular weight is 426 g/mol. The summed E-state index contributed by atoms with van der Waals surface area (Å²) >= 11 is 0. The Morgan fingerprint density at radius 3 is 1.70 bits per heavy atom. The summed E-state index contributed by atoms with van der Waals surface area (Å²) in [5.41, 5.74) is 0. The van der Waals surface area contributed by atoms with Crippen LogP contribution in [0.5, 0.6) is 0 Å². The monoisotopic (exact) mass is 425 g/mol. The number of aromatic nitrogens is 1. The largest absolute Gasteiger partial charge is 0.393 e. The smallest absolute Gasteiger partial charge is 0.128 e. The van der Waals surface area contributed by atoms with Crippen molar-refractivity contribution in [1.82, 2.24) is 9.88 Å². The van der Waals surface area contributed by atoms with Gasteiger partial charge in [-0.25, -0.2) is 4.98 Å². The van der Waals surface area contributed by atoms with Gasteiger partial charge in [0.25, 0.3) is 0 Å². The van der Waals surface area contributed by atoms with Crippen LogP contribution in [0.3, 0.4) is 0 Å². The highest BCUT2D eigenvalue weighted by Crippen LogP contribution is 2.23. The molecular weight excluding hydrogens is 370 g/mol. The van der Waals surface area contributed by atoms with Gasteiger partial charge in [0.05, 0.1) is 6.10 Å². The Kier molecular flexibility index (Phi) is 28.9. The highest BCUT2D eigenvalue weighted by Gasteiger charge is 2.24. The van der Waals surface area contributed by atoms with Crippen molar-refractivity contribution in [2.75, 3.05) is 37.6 Å². The fraction of sp³-hybridized carbons (Fsp3) is 0.808. The SMILES string of the molecule is CC.CC.CC.CC.CC.OC1CCN(CC2CCN(c3ccccn3)CC2)CC1. The maximum Gasteiger partial charge on any atom is 0.128 e. The zero-order valence-electron chi connectivity index (χ0n) is 22.1. The Morgan fingerprint density at radius 1 is 0.767 bits per heavy atom. The molecule has 2 saturated heterocycles. The summed E-state index contributed by atoms with van der Waals surface area (Å²) in [5, 5.41) is 9.55. The molecular formula is C26H55N3O. The van der Waals surface area contributed by atoms with Crippen LogP contribution in [0, 0.1) is 5.92 Å². The summed E-state index contributed by atoms with van der Waals surface area (Å²) in [6.45, 7) is 25.6. The fourth-order valence-corrected chi connectivity index (χ4v) is 3.35. The molecule has 30 heavy (non-hydrogen) atoms.